The molecule has 1 aromatic carbocycles. The van der Waals surface area contributed by atoms with Crippen LogP contribution in [0.1, 0.15) is 39.4 Å². The average Bonchev–Trinajstić information content (AvgIpc) is 2.37. The Labute approximate surface area is 128 Å². The highest BCUT2D eigenvalue weighted by Gasteiger charge is 2.12. The molecule has 0 fully saturated rings. The van der Waals surface area contributed by atoms with Crippen LogP contribution in [0.2, 0.25) is 0 Å². The summed E-state index contributed by atoms with van der Waals surface area (Å²) in [7, 11) is 0. The molecule has 0 unspecified atom stereocenters. The maximum atomic E-state index is 5.86. The molecule has 0 atom stereocenters. The molecule has 1 aromatic heterocycles. The molecule has 0 saturated heterocycles. The highest BCUT2D eigenvalue weighted by atomic mass is 79.9. The first-order valence-corrected chi connectivity index (χ1v) is 7.57. The molecule has 3 nitrogen and oxygen atoms in total. The van der Waals surface area contributed by atoms with E-state index in [4.69, 9.17) is 4.74 Å². The Bertz CT molecular complexity index is 597. The molecule has 1 heterocycles. The van der Waals surface area contributed by atoms with E-state index in [0.29, 0.717) is 0 Å². The maximum Gasteiger partial charge on any atom is 0.132 e. The van der Waals surface area contributed by atoms with Crippen LogP contribution < -0.4 is 4.74 Å². The van der Waals surface area contributed by atoms with Crippen LogP contribution in [0.15, 0.2) is 34.9 Å². The minimum Gasteiger partial charge on any atom is -0.490 e. The lowest BCUT2D eigenvalue weighted by molar-refractivity contribution is 0.243. The zero-order chi connectivity index (χ0) is 14.7. The largest absolute Gasteiger partial charge is 0.490 e. The number of rotatable bonds is 4. The minimum absolute atomic E-state index is 0.131. The molecule has 0 N–H and O–H groups in total. The van der Waals surface area contributed by atoms with E-state index >= 15 is 0 Å². The molecule has 0 amide bonds. The molecule has 0 spiro atoms. The third-order valence-electron chi connectivity index (χ3n) is 2.75. The third kappa shape index (κ3) is 3.57. The maximum absolute atomic E-state index is 5.86. The zero-order valence-corrected chi connectivity index (χ0v) is 13.8. The number of para-hydroxylation sites is 1. The number of nitrogens with zero attached hydrogens (tertiary/aromatic N) is 2. The van der Waals surface area contributed by atoms with Gasteiger partial charge in [0, 0.05) is 11.5 Å². The molecular weight excluding hydrogens is 316 g/mol. The Morgan fingerprint density at radius 1 is 1.05 bits per heavy atom. The van der Waals surface area contributed by atoms with Crippen molar-refractivity contribution in [2.24, 2.45) is 0 Å². The van der Waals surface area contributed by atoms with Crippen molar-refractivity contribution >= 4 is 15.9 Å². The number of ether oxygens (including phenoxy) is 1. The van der Waals surface area contributed by atoms with Gasteiger partial charge in [-0.1, -0.05) is 26.0 Å². The van der Waals surface area contributed by atoms with Gasteiger partial charge in [-0.25, -0.2) is 9.97 Å². The fraction of sp³-hybridized carbons (Fsp3) is 0.375. The molecule has 2 aromatic rings. The van der Waals surface area contributed by atoms with Crippen LogP contribution in [-0.2, 0) is 0 Å². The first kappa shape index (κ1) is 15.0. The first-order valence-electron chi connectivity index (χ1n) is 6.78. The zero-order valence-electron chi connectivity index (χ0n) is 12.2. The Balaban J connectivity index is 2.51. The second kappa shape index (κ2) is 6.35. The molecule has 106 valence electrons. The summed E-state index contributed by atoms with van der Waals surface area (Å²) in [6.45, 7) is 8.21. The topological polar surface area (TPSA) is 35.0 Å². The quantitative estimate of drug-likeness (QED) is 0.752. The lowest BCUT2D eigenvalue weighted by atomic mass is 10.1. The molecule has 0 aliphatic heterocycles. The van der Waals surface area contributed by atoms with Crippen LogP contribution in [0.5, 0.6) is 5.75 Å². The van der Waals surface area contributed by atoms with Crippen molar-refractivity contribution in [3.05, 3.63) is 40.8 Å². The van der Waals surface area contributed by atoms with Crippen LogP contribution in [-0.4, -0.2) is 16.1 Å². The van der Waals surface area contributed by atoms with Crippen LogP contribution in [0.25, 0.3) is 11.3 Å². The summed E-state index contributed by atoms with van der Waals surface area (Å²) >= 11 is 3.46. The van der Waals surface area contributed by atoms with Gasteiger partial charge < -0.3 is 4.74 Å². The van der Waals surface area contributed by atoms with Gasteiger partial charge in [0.05, 0.1) is 11.8 Å². The van der Waals surface area contributed by atoms with Gasteiger partial charge in [0.15, 0.2) is 0 Å². The summed E-state index contributed by atoms with van der Waals surface area (Å²) in [4.78, 5) is 9.06. The lowest BCUT2D eigenvalue weighted by Crippen LogP contribution is -2.07. The van der Waals surface area contributed by atoms with Crippen LogP contribution >= 0.6 is 15.9 Å². The van der Waals surface area contributed by atoms with Crippen molar-refractivity contribution in [2.45, 2.75) is 39.7 Å². The normalized spacial score (nSPS) is 11.2. The molecule has 4 heteroatoms. The molecule has 0 saturated carbocycles. The monoisotopic (exact) mass is 334 g/mol. The highest BCUT2D eigenvalue weighted by Crippen LogP contribution is 2.31. The van der Waals surface area contributed by atoms with E-state index in [9.17, 15) is 0 Å². The summed E-state index contributed by atoms with van der Waals surface area (Å²) in [5.74, 6) is 1.96. The van der Waals surface area contributed by atoms with E-state index in [1.54, 1.807) is 0 Å². The molecule has 0 aliphatic carbocycles. The van der Waals surface area contributed by atoms with E-state index in [1.165, 1.54) is 0 Å². The Morgan fingerprint density at radius 2 is 1.75 bits per heavy atom. The molecular formula is C16H19BrN2O. The van der Waals surface area contributed by atoms with Crippen molar-refractivity contribution < 1.29 is 4.74 Å². The SMILES string of the molecule is CC(C)Oc1ccccc1-c1cc(Br)nc(C(C)C)n1. The van der Waals surface area contributed by atoms with Gasteiger partial charge in [0.2, 0.25) is 0 Å². The summed E-state index contributed by atoms with van der Waals surface area (Å²) < 4.78 is 6.66. The van der Waals surface area contributed by atoms with Gasteiger partial charge in [-0.05, 0) is 48.0 Å². The second-order valence-electron chi connectivity index (χ2n) is 5.25. The first-order chi connectivity index (χ1) is 9.47. The second-order valence-corrected chi connectivity index (χ2v) is 6.06. The summed E-state index contributed by atoms with van der Waals surface area (Å²) in [5.41, 5.74) is 1.87. The van der Waals surface area contributed by atoms with Gasteiger partial charge in [-0.15, -0.1) is 0 Å². The molecule has 0 radical (unpaired) electrons. The van der Waals surface area contributed by atoms with Gasteiger partial charge in [0.1, 0.15) is 16.2 Å². The molecule has 0 bridgehead atoms. The van der Waals surface area contributed by atoms with E-state index < -0.39 is 0 Å². The molecule has 0 aliphatic rings. The Hall–Kier alpha value is -1.42. The van der Waals surface area contributed by atoms with Crippen molar-refractivity contribution in [1.82, 2.24) is 9.97 Å². The summed E-state index contributed by atoms with van der Waals surface area (Å²) in [6, 6.07) is 9.89. The summed E-state index contributed by atoms with van der Waals surface area (Å²) in [5, 5.41) is 0. The van der Waals surface area contributed by atoms with Gasteiger partial charge in [0.25, 0.3) is 0 Å². The van der Waals surface area contributed by atoms with Crippen LogP contribution in [0, 0.1) is 0 Å². The third-order valence-corrected chi connectivity index (χ3v) is 3.16. The molecule has 2 rings (SSSR count). The Morgan fingerprint density at radius 3 is 2.40 bits per heavy atom. The van der Waals surface area contributed by atoms with Crippen molar-refractivity contribution in [3.63, 3.8) is 0 Å². The Kier molecular flexibility index (Phi) is 4.76. The van der Waals surface area contributed by atoms with E-state index in [0.717, 1.165) is 27.4 Å². The number of aromatic nitrogens is 2. The highest BCUT2D eigenvalue weighted by molar-refractivity contribution is 9.10. The number of hydrogen-bond acceptors (Lipinski definition) is 3. The number of hydrogen-bond donors (Lipinski definition) is 0. The van der Waals surface area contributed by atoms with Crippen molar-refractivity contribution in [2.75, 3.05) is 0 Å². The fourth-order valence-corrected chi connectivity index (χ4v) is 2.26. The van der Waals surface area contributed by atoms with E-state index in [-0.39, 0.29) is 12.0 Å². The van der Waals surface area contributed by atoms with Crippen LogP contribution in [0.3, 0.4) is 0 Å². The number of benzene rings is 1. The van der Waals surface area contributed by atoms with Crippen molar-refractivity contribution in [1.29, 1.82) is 0 Å². The minimum atomic E-state index is 0.131. The average molecular weight is 335 g/mol. The summed E-state index contributed by atoms with van der Waals surface area (Å²) in [6.07, 6.45) is 0.131. The smallest absolute Gasteiger partial charge is 0.132 e. The van der Waals surface area contributed by atoms with Gasteiger partial charge in [-0.2, -0.15) is 0 Å². The van der Waals surface area contributed by atoms with Crippen LogP contribution in [0.4, 0.5) is 0 Å². The van der Waals surface area contributed by atoms with Gasteiger partial charge >= 0.3 is 0 Å². The lowest BCUT2D eigenvalue weighted by Gasteiger charge is -2.15. The van der Waals surface area contributed by atoms with E-state index in [2.05, 4.69) is 39.7 Å². The predicted octanol–water partition coefficient (Wildman–Crippen LogP) is 4.82. The molecule has 20 heavy (non-hydrogen) atoms. The van der Waals surface area contributed by atoms with Crippen molar-refractivity contribution in [3.8, 4) is 17.0 Å². The predicted molar refractivity (Wildman–Crippen MR) is 85.0 cm³/mol. The fourth-order valence-electron chi connectivity index (χ4n) is 1.87. The van der Waals surface area contributed by atoms with E-state index in [1.807, 2.05) is 44.2 Å². The standard InChI is InChI=1S/C16H19BrN2O/c1-10(2)16-18-13(9-15(17)19-16)12-7-5-6-8-14(12)20-11(3)4/h5-11H,1-4H3. The van der Waals surface area contributed by atoms with Gasteiger partial charge in [-0.3, -0.25) is 0 Å². The number of halogens is 1.